The molecule has 0 aromatic rings. The molecule has 9 heavy (non-hydrogen) atoms. The Balaban J connectivity index is 3.46. The van der Waals surface area contributed by atoms with E-state index in [4.69, 9.17) is 5.73 Å². The summed E-state index contributed by atoms with van der Waals surface area (Å²) in [6.07, 6.45) is 9.31. The van der Waals surface area contributed by atoms with E-state index in [9.17, 15) is 0 Å². The summed E-state index contributed by atoms with van der Waals surface area (Å²) >= 11 is 0. The predicted octanol–water partition coefficient (Wildman–Crippen LogP) is 1.63. The SMILES string of the molecule is C=CC=CC=CC(C)N. The van der Waals surface area contributed by atoms with E-state index in [0.29, 0.717) is 0 Å². The lowest BCUT2D eigenvalue weighted by atomic mass is 10.3. The van der Waals surface area contributed by atoms with Gasteiger partial charge in [-0.1, -0.05) is 37.0 Å². The van der Waals surface area contributed by atoms with Crippen LogP contribution in [0.5, 0.6) is 0 Å². The van der Waals surface area contributed by atoms with Gasteiger partial charge < -0.3 is 5.73 Å². The Kier molecular flexibility index (Phi) is 4.83. The molecule has 0 aromatic carbocycles. The molecule has 2 N–H and O–H groups in total. The van der Waals surface area contributed by atoms with Crippen LogP contribution in [0.25, 0.3) is 0 Å². The lowest BCUT2D eigenvalue weighted by Gasteiger charge is -1.89. The van der Waals surface area contributed by atoms with Crippen molar-refractivity contribution >= 4 is 0 Å². The number of hydrogen-bond acceptors (Lipinski definition) is 1. The first-order chi connectivity index (χ1) is 4.27. The first kappa shape index (κ1) is 8.18. The number of rotatable bonds is 3. The summed E-state index contributed by atoms with van der Waals surface area (Å²) in [7, 11) is 0. The molecule has 0 heterocycles. The maximum Gasteiger partial charge on any atom is 0.0197 e. The van der Waals surface area contributed by atoms with Gasteiger partial charge in [0.2, 0.25) is 0 Å². The van der Waals surface area contributed by atoms with E-state index in [1.54, 1.807) is 6.08 Å². The first-order valence-corrected chi connectivity index (χ1v) is 2.99. The summed E-state index contributed by atoms with van der Waals surface area (Å²) < 4.78 is 0. The summed E-state index contributed by atoms with van der Waals surface area (Å²) in [5.74, 6) is 0. The molecule has 0 aromatic heterocycles. The van der Waals surface area contributed by atoms with Gasteiger partial charge in [0.1, 0.15) is 0 Å². The Morgan fingerprint density at radius 3 is 2.44 bits per heavy atom. The minimum absolute atomic E-state index is 0.138. The summed E-state index contributed by atoms with van der Waals surface area (Å²) in [6, 6.07) is 0.138. The molecule has 0 aliphatic rings. The van der Waals surface area contributed by atoms with Gasteiger partial charge in [0, 0.05) is 6.04 Å². The van der Waals surface area contributed by atoms with Crippen LogP contribution in [0, 0.1) is 0 Å². The van der Waals surface area contributed by atoms with Gasteiger partial charge in [0.05, 0.1) is 0 Å². The fourth-order valence-electron chi connectivity index (χ4n) is 0.382. The van der Waals surface area contributed by atoms with Gasteiger partial charge in [-0.25, -0.2) is 0 Å². The standard InChI is InChI=1S/C8H13N/c1-3-4-5-6-7-8(2)9/h3-8H,1,9H2,2H3. The minimum atomic E-state index is 0.138. The van der Waals surface area contributed by atoms with Crippen molar-refractivity contribution in [3.63, 3.8) is 0 Å². The average Bonchev–Trinajstić information content (AvgIpc) is 1.80. The monoisotopic (exact) mass is 123 g/mol. The maximum absolute atomic E-state index is 5.43. The van der Waals surface area contributed by atoms with Crippen molar-refractivity contribution in [2.45, 2.75) is 13.0 Å². The van der Waals surface area contributed by atoms with Gasteiger partial charge in [0.25, 0.3) is 0 Å². The van der Waals surface area contributed by atoms with Gasteiger partial charge in [0.15, 0.2) is 0 Å². The van der Waals surface area contributed by atoms with E-state index in [-0.39, 0.29) is 6.04 Å². The fourth-order valence-corrected chi connectivity index (χ4v) is 0.382. The van der Waals surface area contributed by atoms with Gasteiger partial charge >= 0.3 is 0 Å². The van der Waals surface area contributed by atoms with Crippen LogP contribution in [0.2, 0.25) is 0 Å². The molecule has 1 unspecified atom stereocenters. The largest absolute Gasteiger partial charge is 0.325 e. The third-order valence-electron chi connectivity index (χ3n) is 0.773. The smallest absolute Gasteiger partial charge is 0.0197 e. The van der Waals surface area contributed by atoms with Gasteiger partial charge in [-0.15, -0.1) is 0 Å². The van der Waals surface area contributed by atoms with Crippen molar-refractivity contribution in [3.8, 4) is 0 Å². The highest BCUT2D eigenvalue weighted by Gasteiger charge is 1.77. The molecule has 0 saturated carbocycles. The number of hydrogen-bond donors (Lipinski definition) is 1. The molecular formula is C8H13N. The van der Waals surface area contributed by atoms with Crippen molar-refractivity contribution in [2.24, 2.45) is 5.73 Å². The minimum Gasteiger partial charge on any atom is -0.325 e. The highest BCUT2D eigenvalue weighted by atomic mass is 14.6. The molecule has 0 rings (SSSR count). The molecule has 1 nitrogen and oxygen atoms in total. The molecule has 0 bridgehead atoms. The summed E-state index contributed by atoms with van der Waals surface area (Å²) in [4.78, 5) is 0. The normalized spacial score (nSPS) is 14.9. The Morgan fingerprint density at radius 2 is 2.00 bits per heavy atom. The third kappa shape index (κ3) is 7.18. The molecule has 0 amide bonds. The van der Waals surface area contributed by atoms with Crippen LogP contribution in [-0.4, -0.2) is 6.04 Å². The molecule has 50 valence electrons. The molecule has 0 aliphatic carbocycles. The van der Waals surface area contributed by atoms with E-state index in [1.807, 2.05) is 31.2 Å². The van der Waals surface area contributed by atoms with Crippen molar-refractivity contribution in [1.29, 1.82) is 0 Å². The second-order valence-corrected chi connectivity index (χ2v) is 1.86. The lowest BCUT2D eigenvalue weighted by molar-refractivity contribution is 0.926. The molecule has 0 spiro atoms. The second-order valence-electron chi connectivity index (χ2n) is 1.86. The topological polar surface area (TPSA) is 26.0 Å². The molecule has 0 aliphatic heterocycles. The van der Waals surface area contributed by atoms with Crippen LogP contribution in [0.4, 0.5) is 0 Å². The highest BCUT2D eigenvalue weighted by molar-refractivity contribution is 5.10. The molecular weight excluding hydrogens is 110 g/mol. The fraction of sp³-hybridized carbons (Fsp3) is 0.250. The van der Waals surface area contributed by atoms with Crippen molar-refractivity contribution in [1.82, 2.24) is 0 Å². The van der Waals surface area contributed by atoms with Crippen molar-refractivity contribution in [3.05, 3.63) is 37.0 Å². The highest BCUT2D eigenvalue weighted by Crippen LogP contribution is 1.80. The quantitative estimate of drug-likeness (QED) is 0.567. The van der Waals surface area contributed by atoms with Crippen LogP contribution < -0.4 is 5.73 Å². The zero-order valence-electron chi connectivity index (χ0n) is 5.75. The van der Waals surface area contributed by atoms with Gasteiger partial charge in [-0.2, -0.15) is 0 Å². The number of allylic oxidation sites excluding steroid dienone is 4. The Labute approximate surface area is 56.6 Å². The Morgan fingerprint density at radius 1 is 1.33 bits per heavy atom. The molecule has 0 radical (unpaired) electrons. The zero-order chi connectivity index (χ0) is 7.11. The van der Waals surface area contributed by atoms with E-state index >= 15 is 0 Å². The molecule has 1 atom stereocenters. The molecule has 1 heteroatoms. The first-order valence-electron chi connectivity index (χ1n) is 2.99. The van der Waals surface area contributed by atoms with Crippen LogP contribution in [0.15, 0.2) is 37.0 Å². The van der Waals surface area contributed by atoms with E-state index < -0.39 is 0 Å². The zero-order valence-corrected chi connectivity index (χ0v) is 5.75. The summed E-state index contributed by atoms with van der Waals surface area (Å²) in [5, 5.41) is 0. The molecule has 0 fully saturated rings. The average molecular weight is 123 g/mol. The van der Waals surface area contributed by atoms with Crippen molar-refractivity contribution < 1.29 is 0 Å². The van der Waals surface area contributed by atoms with Gasteiger partial charge in [-0.05, 0) is 6.92 Å². The van der Waals surface area contributed by atoms with Crippen LogP contribution in [0.3, 0.4) is 0 Å². The maximum atomic E-state index is 5.43. The lowest BCUT2D eigenvalue weighted by Crippen LogP contribution is -2.09. The predicted molar refractivity (Wildman–Crippen MR) is 42.1 cm³/mol. The number of nitrogens with two attached hydrogens (primary N) is 1. The van der Waals surface area contributed by atoms with E-state index in [1.165, 1.54) is 0 Å². The van der Waals surface area contributed by atoms with Crippen LogP contribution in [-0.2, 0) is 0 Å². The summed E-state index contributed by atoms with van der Waals surface area (Å²) in [6.45, 7) is 5.45. The van der Waals surface area contributed by atoms with Crippen LogP contribution >= 0.6 is 0 Å². The summed E-state index contributed by atoms with van der Waals surface area (Å²) in [5.41, 5.74) is 5.43. The third-order valence-corrected chi connectivity index (χ3v) is 0.773. The second kappa shape index (κ2) is 5.32. The Hall–Kier alpha value is -0.820. The van der Waals surface area contributed by atoms with E-state index in [0.717, 1.165) is 0 Å². The van der Waals surface area contributed by atoms with E-state index in [2.05, 4.69) is 6.58 Å². The van der Waals surface area contributed by atoms with Crippen molar-refractivity contribution in [2.75, 3.05) is 0 Å². The molecule has 0 saturated heterocycles. The van der Waals surface area contributed by atoms with Crippen LogP contribution in [0.1, 0.15) is 6.92 Å². The Bertz CT molecular complexity index is 121. The van der Waals surface area contributed by atoms with Gasteiger partial charge in [-0.3, -0.25) is 0 Å².